The fraction of sp³-hybridized carbons (Fsp3) is 0. The van der Waals surface area contributed by atoms with Crippen molar-refractivity contribution in [2.75, 3.05) is 0 Å². The highest BCUT2D eigenvalue weighted by atomic mass is 16.4. The molecule has 0 atom stereocenters. The number of nitrogens with zero attached hydrogens (tertiary/aromatic N) is 3. The van der Waals surface area contributed by atoms with E-state index < -0.39 is 0 Å². The number of benzene rings is 7. The molecular weight excluding hydrogens is 587 g/mol. The van der Waals surface area contributed by atoms with Crippen LogP contribution in [0.3, 0.4) is 0 Å². The van der Waals surface area contributed by atoms with Crippen LogP contribution in [0.4, 0.5) is 0 Å². The maximum atomic E-state index is 6.27. The summed E-state index contributed by atoms with van der Waals surface area (Å²) in [5.41, 5.74) is 12.1. The van der Waals surface area contributed by atoms with Crippen LogP contribution >= 0.6 is 0 Å². The molecule has 226 valence electrons. The van der Waals surface area contributed by atoms with Gasteiger partial charge < -0.3 is 8.98 Å². The van der Waals surface area contributed by atoms with E-state index in [-0.39, 0.29) is 0 Å². The van der Waals surface area contributed by atoms with Crippen molar-refractivity contribution < 1.29 is 4.42 Å². The Kier molecular flexibility index (Phi) is 6.76. The van der Waals surface area contributed by atoms with Crippen LogP contribution in [0.5, 0.6) is 0 Å². The predicted octanol–water partition coefficient (Wildman–Crippen LogP) is 11.5. The quantitative estimate of drug-likeness (QED) is 0.187. The van der Waals surface area contributed by atoms with Gasteiger partial charge in [-0.05, 0) is 88.0 Å². The van der Waals surface area contributed by atoms with Gasteiger partial charge in [-0.25, -0.2) is 0 Å². The Morgan fingerprint density at radius 1 is 0.354 bits per heavy atom. The van der Waals surface area contributed by atoms with Gasteiger partial charge in [0, 0.05) is 27.6 Å². The van der Waals surface area contributed by atoms with E-state index >= 15 is 0 Å². The van der Waals surface area contributed by atoms with Crippen molar-refractivity contribution in [1.29, 1.82) is 0 Å². The molecule has 7 aromatic carbocycles. The normalized spacial score (nSPS) is 11.3. The summed E-state index contributed by atoms with van der Waals surface area (Å²) in [7, 11) is 0. The molecule has 0 N–H and O–H groups in total. The smallest absolute Gasteiger partial charge is 0.248 e. The molecule has 9 rings (SSSR count). The number of rotatable bonds is 6. The molecule has 2 heterocycles. The number of hydrogen-bond acceptors (Lipinski definition) is 3. The second-order valence-corrected chi connectivity index (χ2v) is 11.9. The molecular formula is C44H29N3O. The fourth-order valence-electron chi connectivity index (χ4n) is 6.66. The topological polar surface area (TPSA) is 43.9 Å². The summed E-state index contributed by atoms with van der Waals surface area (Å²) in [6, 6.07) is 61.5. The van der Waals surface area contributed by atoms with Gasteiger partial charge in [0.25, 0.3) is 0 Å². The Balaban J connectivity index is 1.13. The Morgan fingerprint density at radius 3 is 1.38 bits per heavy atom. The lowest BCUT2D eigenvalue weighted by atomic mass is 10.00. The third-order valence-electron chi connectivity index (χ3n) is 9.02. The number of aromatic nitrogens is 3. The van der Waals surface area contributed by atoms with Crippen LogP contribution in [0.1, 0.15) is 0 Å². The molecule has 0 saturated heterocycles. The van der Waals surface area contributed by atoms with Gasteiger partial charge in [0.15, 0.2) is 0 Å². The Labute approximate surface area is 278 Å². The first kappa shape index (κ1) is 27.8. The number of fused-ring (bicyclic) bond motifs is 3. The Morgan fingerprint density at radius 2 is 0.812 bits per heavy atom. The Bertz CT molecular complexity index is 2430. The molecule has 0 aliphatic heterocycles. The van der Waals surface area contributed by atoms with Crippen molar-refractivity contribution in [1.82, 2.24) is 14.8 Å². The molecule has 2 aromatic heterocycles. The van der Waals surface area contributed by atoms with Gasteiger partial charge in [0.2, 0.25) is 11.8 Å². The molecule has 4 heteroatoms. The highest BCUT2D eigenvalue weighted by Crippen LogP contribution is 2.38. The molecule has 0 spiro atoms. The molecule has 0 aliphatic carbocycles. The van der Waals surface area contributed by atoms with E-state index in [1.165, 1.54) is 33.0 Å². The molecule has 9 aromatic rings. The van der Waals surface area contributed by atoms with Crippen LogP contribution in [-0.2, 0) is 0 Å². The second-order valence-electron chi connectivity index (χ2n) is 11.9. The lowest BCUT2D eigenvalue weighted by Crippen LogP contribution is -1.94. The Hall–Kier alpha value is -6.52. The zero-order valence-corrected chi connectivity index (χ0v) is 26.0. The van der Waals surface area contributed by atoms with E-state index in [2.05, 4.69) is 154 Å². The van der Waals surface area contributed by atoms with Crippen LogP contribution in [0.15, 0.2) is 180 Å². The summed E-state index contributed by atoms with van der Waals surface area (Å²) >= 11 is 0. The van der Waals surface area contributed by atoms with Crippen molar-refractivity contribution in [2.45, 2.75) is 0 Å². The average Bonchev–Trinajstić information content (AvgIpc) is 3.79. The molecule has 0 fully saturated rings. The fourth-order valence-corrected chi connectivity index (χ4v) is 6.66. The van der Waals surface area contributed by atoms with Crippen LogP contribution < -0.4 is 0 Å². The van der Waals surface area contributed by atoms with Gasteiger partial charge in [0.1, 0.15) is 0 Å². The second kappa shape index (κ2) is 11.7. The summed E-state index contributed by atoms with van der Waals surface area (Å²) < 4.78 is 8.61. The van der Waals surface area contributed by atoms with E-state index in [1.807, 2.05) is 36.4 Å². The predicted molar refractivity (Wildman–Crippen MR) is 196 cm³/mol. The third-order valence-corrected chi connectivity index (χ3v) is 9.02. The van der Waals surface area contributed by atoms with E-state index in [0.29, 0.717) is 11.8 Å². The summed E-state index contributed by atoms with van der Waals surface area (Å²) in [5.74, 6) is 0.987. The molecule has 0 bridgehead atoms. The van der Waals surface area contributed by atoms with Crippen molar-refractivity contribution in [3.63, 3.8) is 0 Å². The van der Waals surface area contributed by atoms with Gasteiger partial charge in [0.05, 0.1) is 11.0 Å². The first-order chi connectivity index (χ1) is 23.8. The zero-order chi connectivity index (χ0) is 31.9. The lowest BCUT2D eigenvalue weighted by Gasteiger charge is -2.09. The summed E-state index contributed by atoms with van der Waals surface area (Å²) in [4.78, 5) is 0. The summed E-state index contributed by atoms with van der Waals surface area (Å²) in [6.07, 6.45) is 0. The van der Waals surface area contributed by atoms with E-state index in [4.69, 9.17) is 4.42 Å². The van der Waals surface area contributed by atoms with E-state index in [9.17, 15) is 0 Å². The minimum Gasteiger partial charge on any atom is -0.416 e. The molecule has 0 radical (unpaired) electrons. The monoisotopic (exact) mass is 615 g/mol. The van der Waals surface area contributed by atoms with Gasteiger partial charge in [-0.3, -0.25) is 0 Å². The average molecular weight is 616 g/mol. The largest absolute Gasteiger partial charge is 0.416 e. The summed E-state index contributed by atoms with van der Waals surface area (Å²) in [6.45, 7) is 0. The molecule has 0 aliphatic rings. The maximum Gasteiger partial charge on any atom is 0.248 e. The molecule has 0 amide bonds. The third kappa shape index (κ3) is 4.88. The van der Waals surface area contributed by atoms with Crippen molar-refractivity contribution >= 4 is 21.8 Å². The standard InChI is InChI=1S/C44H29N3O/c1-4-12-30(13-5-1)34-22-26-41-39(28-34)40-29-35(31-14-6-2-7-15-31)23-27-42(40)47(41)36-24-20-33(21-25-36)43-45-46-44(48-43)38-19-11-10-18-37(38)32-16-8-3-9-17-32/h1-29H. The minimum absolute atomic E-state index is 0.488. The highest BCUT2D eigenvalue weighted by Gasteiger charge is 2.17. The SMILES string of the molecule is c1ccc(-c2ccc3c(c2)c2cc(-c4ccccc4)ccc2n3-c2ccc(-c3nnc(-c4ccccc4-c4ccccc4)o3)cc2)cc1. The highest BCUT2D eigenvalue weighted by molar-refractivity contribution is 6.11. The van der Waals surface area contributed by atoms with Gasteiger partial charge >= 0.3 is 0 Å². The van der Waals surface area contributed by atoms with Crippen LogP contribution in [0, 0.1) is 0 Å². The van der Waals surface area contributed by atoms with Crippen molar-refractivity contribution in [3.05, 3.63) is 176 Å². The van der Waals surface area contributed by atoms with Gasteiger partial charge in [-0.2, -0.15) is 0 Å². The van der Waals surface area contributed by atoms with Crippen molar-refractivity contribution in [2.24, 2.45) is 0 Å². The van der Waals surface area contributed by atoms with Crippen LogP contribution in [0.2, 0.25) is 0 Å². The molecule has 0 saturated carbocycles. The van der Waals surface area contributed by atoms with Crippen molar-refractivity contribution in [3.8, 4) is 62.0 Å². The van der Waals surface area contributed by atoms with Gasteiger partial charge in [-0.15, -0.1) is 10.2 Å². The van der Waals surface area contributed by atoms with Crippen LogP contribution in [0.25, 0.3) is 83.8 Å². The van der Waals surface area contributed by atoms with E-state index in [0.717, 1.165) is 39.0 Å². The molecule has 48 heavy (non-hydrogen) atoms. The minimum atomic E-state index is 0.488. The maximum absolute atomic E-state index is 6.27. The van der Waals surface area contributed by atoms with E-state index in [1.54, 1.807) is 0 Å². The van der Waals surface area contributed by atoms with Gasteiger partial charge in [-0.1, -0.05) is 121 Å². The zero-order valence-electron chi connectivity index (χ0n) is 26.0. The summed E-state index contributed by atoms with van der Waals surface area (Å²) in [5, 5.41) is 11.3. The van der Waals surface area contributed by atoms with Crippen LogP contribution in [-0.4, -0.2) is 14.8 Å². The first-order valence-corrected chi connectivity index (χ1v) is 16.1. The first-order valence-electron chi connectivity index (χ1n) is 16.1. The number of hydrogen-bond donors (Lipinski definition) is 0. The molecule has 4 nitrogen and oxygen atoms in total. The molecule has 0 unspecified atom stereocenters. The lowest BCUT2D eigenvalue weighted by molar-refractivity contribution is 0.585.